The fourth-order valence-corrected chi connectivity index (χ4v) is 5.48. The molecular weight excluding hydrogens is 388 g/mol. The number of carbonyl (C=O) groups is 1. The lowest BCUT2D eigenvalue weighted by atomic mass is 9.73. The first-order chi connectivity index (χ1) is 13.5. The molecule has 2 aliphatic rings. The molecule has 1 amide bonds. The van der Waals surface area contributed by atoms with Crippen LogP contribution >= 0.6 is 11.3 Å². The van der Waals surface area contributed by atoms with E-state index in [1.165, 1.54) is 17.4 Å². The van der Waals surface area contributed by atoms with Crippen LogP contribution in [0.15, 0.2) is 12.1 Å². The standard InChI is InChI=1S/C22H27BFNO3S/c1-12-14(23-27-21(2,3)22(4,5)28-23)10-11-15(24)17(12)18-13-8-6-7-9-16(13)29-19(18)20(25)26/h10-11H,6-9H2,1-5H3,(H2,25,26). The lowest BCUT2D eigenvalue weighted by Crippen LogP contribution is -2.41. The van der Waals surface area contributed by atoms with Crippen molar-refractivity contribution in [2.45, 2.75) is 71.5 Å². The fourth-order valence-electron chi connectivity index (χ4n) is 4.23. The average Bonchev–Trinajstić information content (AvgIpc) is 3.10. The van der Waals surface area contributed by atoms with Crippen LogP contribution in [0.5, 0.6) is 0 Å². The number of carbonyl (C=O) groups excluding carboxylic acids is 1. The Bertz CT molecular complexity index is 982. The molecule has 0 unspecified atom stereocenters. The molecule has 1 aliphatic heterocycles. The smallest absolute Gasteiger partial charge is 0.399 e. The SMILES string of the molecule is Cc1c(B2OC(C)(C)C(C)(C)O2)ccc(F)c1-c1c(C(N)=O)sc2c1CCCC2. The van der Waals surface area contributed by atoms with Crippen molar-refractivity contribution in [3.8, 4) is 11.1 Å². The van der Waals surface area contributed by atoms with Gasteiger partial charge in [0.1, 0.15) is 10.7 Å². The number of halogens is 1. The largest absolute Gasteiger partial charge is 0.495 e. The van der Waals surface area contributed by atoms with E-state index in [0.29, 0.717) is 16.0 Å². The Kier molecular flexibility index (Phi) is 4.92. The molecule has 1 saturated heterocycles. The topological polar surface area (TPSA) is 61.6 Å². The van der Waals surface area contributed by atoms with Crippen molar-refractivity contribution < 1.29 is 18.5 Å². The Labute approximate surface area is 175 Å². The Morgan fingerprint density at radius 2 is 1.72 bits per heavy atom. The number of benzene rings is 1. The first-order valence-electron chi connectivity index (χ1n) is 10.1. The zero-order chi connectivity index (χ0) is 21.1. The minimum atomic E-state index is -0.592. The number of nitrogens with two attached hydrogens (primary N) is 1. The van der Waals surface area contributed by atoms with E-state index in [2.05, 4.69) is 0 Å². The summed E-state index contributed by atoms with van der Waals surface area (Å²) >= 11 is 1.42. The molecule has 0 saturated carbocycles. The highest BCUT2D eigenvalue weighted by atomic mass is 32.1. The van der Waals surface area contributed by atoms with E-state index >= 15 is 4.39 Å². The first-order valence-corrected chi connectivity index (χ1v) is 10.9. The van der Waals surface area contributed by atoms with Crippen LogP contribution in [0.25, 0.3) is 11.1 Å². The highest BCUT2D eigenvalue weighted by Crippen LogP contribution is 2.43. The van der Waals surface area contributed by atoms with Gasteiger partial charge in [-0.1, -0.05) is 6.07 Å². The molecular formula is C22H27BFNO3S. The van der Waals surface area contributed by atoms with E-state index in [0.717, 1.165) is 47.2 Å². The van der Waals surface area contributed by atoms with Crippen molar-refractivity contribution in [3.63, 3.8) is 0 Å². The quantitative estimate of drug-likeness (QED) is 0.767. The minimum Gasteiger partial charge on any atom is -0.399 e. The molecule has 2 N–H and O–H groups in total. The van der Waals surface area contributed by atoms with Crippen molar-refractivity contribution in [2.75, 3.05) is 0 Å². The van der Waals surface area contributed by atoms with Crippen molar-refractivity contribution >= 4 is 29.8 Å². The van der Waals surface area contributed by atoms with E-state index in [1.54, 1.807) is 6.07 Å². The molecule has 1 aliphatic carbocycles. The number of primary amides is 1. The summed E-state index contributed by atoms with van der Waals surface area (Å²) in [5.41, 5.74) is 8.43. The summed E-state index contributed by atoms with van der Waals surface area (Å²) in [6, 6.07) is 3.17. The van der Waals surface area contributed by atoms with Crippen molar-refractivity contribution in [1.82, 2.24) is 0 Å². The molecule has 1 aromatic heterocycles. The van der Waals surface area contributed by atoms with Gasteiger partial charge in [0, 0.05) is 16.0 Å². The Hall–Kier alpha value is -1.70. The van der Waals surface area contributed by atoms with Gasteiger partial charge in [-0.2, -0.15) is 0 Å². The zero-order valence-electron chi connectivity index (χ0n) is 17.6. The maximum Gasteiger partial charge on any atom is 0.495 e. The van der Waals surface area contributed by atoms with Crippen LogP contribution in [-0.4, -0.2) is 24.2 Å². The van der Waals surface area contributed by atoms with Crippen LogP contribution in [0.4, 0.5) is 4.39 Å². The molecule has 0 atom stereocenters. The highest BCUT2D eigenvalue weighted by Gasteiger charge is 2.52. The van der Waals surface area contributed by atoms with Crippen LogP contribution in [0.2, 0.25) is 0 Å². The number of aryl methyl sites for hydroxylation is 1. The lowest BCUT2D eigenvalue weighted by molar-refractivity contribution is 0.00578. The van der Waals surface area contributed by atoms with Gasteiger partial charge in [-0.15, -0.1) is 11.3 Å². The molecule has 1 fully saturated rings. The van der Waals surface area contributed by atoms with Gasteiger partial charge in [-0.05, 0) is 83.0 Å². The Morgan fingerprint density at radius 3 is 2.34 bits per heavy atom. The number of thiophene rings is 1. The lowest BCUT2D eigenvalue weighted by Gasteiger charge is -2.32. The molecule has 4 rings (SSSR count). The van der Waals surface area contributed by atoms with Gasteiger partial charge in [0.05, 0.1) is 11.2 Å². The first kappa shape index (κ1) is 20.6. The molecule has 29 heavy (non-hydrogen) atoms. The van der Waals surface area contributed by atoms with E-state index in [1.807, 2.05) is 34.6 Å². The second-order valence-corrected chi connectivity index (χ2v) is 10.1. The van der Waals surface area contributed by atoms with Crippen molar-refractivity contribution in [3.05, 3.63) is 38.8 Å². The predicted octanol–water partition coefficient (Wildman–Crippen LogP) is 4.14. The molecule has 1 aromatic carbocycles. The summed E-state index contributed by atoms with van der Waals surface area (Å²) in [5.74, 6) is -0.851. The van der Waals surface area contributed by atoms with Crippen LogP contribution < -0.4 is 11.2 Å². The number of hydrogen-bond acceptors (Lipinski definition) is 4. The summed E-state index contributed by atoms with van der Waals surface area (Å²) in [7, 11) is -0.592. The van der Waals surface area contributed by atoms with E-state index in [9.17, 15) is 4.79 Å². The summed E-state index contributed by atoms with van der Waals surface area (Å²) < 4.78 is 27.6. The monoisotopic (exact) mass is 415 g/mol. The average molecular weight is 415 g/mol. The molecule has 2 aromatic rings. The number of fused-ring (bicyclic) bond motifs is 1. The molecule has 0 bridgehead atoms. The van der Waals surface area contributed by atoms with E-state index in [-0.39, 0.29) is 5.82 Å². The molecule has 0 spiro atoms. The minimum absolute atomic E-state index is 0.351. The second-order valence-electron chi connectivity index (χ2n) is 9.00. The third kappa shape index (κ3) is 3.24. The van der Waals surface area contributed by atoms with Crippen molar-refractivity contribution in [1.29, 1.82) is 0 Å². The van der Waals surface area contributed by atoms with E-state index in [4.69, 9.17) is 15.0 Å². The third-order valence-electron chi connectivity index (χ3n) is 6.61. The number of rotatable bonds is 3. The second kappa shape index (κ2) is 6.93. The van der Waals surface area contributed by atoms with Gasteiger partial charge in [-0.25, -0.2) is 4.39 Å². The summed E-state index contributed by atoms with van der Waals surface area (Å²) in [5, 5.41) is 0. The number of hydrogen-bond donors (Lipinski definition) is 1. The van der Waals surface area contributed by atoms with Crippen LogP contribution in [0.1, 0.15) is 66.2 Å². The van der Waals surface area contributed by atoms with Gasteiger partial charge in [0.25, 0.3) is 5.91 Å². The highest BCUT2D eigenvalue weighted by molar-refractivity contribution is 7.14. The van der Waals surface area contributed by atoms with E-state index < -0.39 is 24.2 Å². The Balaban J connectivity index is 1.89. The van der Waals surface area contributed by atoms with Crippen LogP contribution in [0, 0.1) is 12.7 Å². The zero-order valence-corrected chi connectivity index (χ0v) is 18.5. The van der Waals surface area contributed by atoms with Gasteiger partial charge in [0.15, 0.2) is 0 Å². The summed E-state index contributed by atoms with van der Waals surface area (Å²) in [6.45, 7) is 9.84. The molecule has 2 heterocycles. The van der Waals surface area contributed by atoms with Crippen LogP contribution in [0.3, 0.4) is 0 Å². The fraction of sp³-hybridized carbons (Fsp3) is 0.500. The van der Waals surface area contributed by atoms with Gasteiger partial charge in [0.2, 0.25) is 0 Å². The van der Waals surface area contributed by atoms with Crippen LogP contribution in [-0.2, 0) is 22.2 Å². The van der Waals surface area contributed by atoms with Gasteiger partial charge >= 0.3 is 7.12 Å². The third-order valence-corrected chi connectivity index (χ3v) is 7.91. The predicted molar refractivity (Wildman–Crippen MR) is 115 cm³/mol. The molecule has 154 valence electrons. The summed E-state index contributed by atoms with van der Waals surface area (Å²) in [4.78, 5) is 13.8. The Morgan fingerprint density at radius 1 is 1.10 bits per heavy atom. The molecule has 0 radical (unpaired) electrons. The number of amides is 1. The molecule has 4 nitrogen and oxygen atoms in total. The van der Waals surface area contributed by atoms with Gasteiger partial charge in [-0.3, -0.25) is 4.79 Å². The van der Waals surface area contributed by atoms with Gasteiger partial charge < -0.3 is 15.0 Å². The maximum absolute atomic E-state index is 15.2. The van der Waals surface area contributed by atoms with Crippen molar-refractivity contribution in [2.24, 2.45) is 5.73 Å². The normalized spacial score (nSPS) is 20.0. The maximum atomic E-state index is 15.2. The summed E-state index contributed by atoms with van der Waals surface area (Å²) in [6.07, 6.45) is 3.87. The molecule has 7 heteroatoms.